The molecule has 1 heterocycles. The fraction of sp³-hybridized carbons (Fsp3) is 0.214. The molecule has 0 aliphatic heterocycles. The first-order chi connectivity index (χ1) is 8.70. The van der Waals surface area contributed by atoms with Crippen LogP contribution < -0.4 is 4.74 Å². The Morgan fingerprint density at radius 2 is 2.00 bits per heavy atom. The van der Waals surface area contributed by atoms with Gasteiger partial charge in [0.25, 0.3) is 0 Å². The lowest BCUT2D eigenvalue weighted by Crippen LogP contribution is -2.01. The molecule has 0 aliphatic rings. The number of nitrogens with zero attached hydrogens (tertiary/aromatic N) is 1. The van der Waals surface area contributed by atoms with Crippen LogP contribution in [0.15, 0.2) is 36.4 Å². The molecule has 0 radical (unpaired) electrons. The van der Waals surface area contributed by atoms with Gasteiger partial charge >= 0.3 is 0 Å². The monoisotopic (exact) mass is 309 g/mol. The van der Waals surface area contributed by atoms with Crippen LogP contribution >= 0.6 is 15.9 Å². The highest BCUT2D eigenvalue weighted by Gasteiger charge is 2.06. The van der Waals surface area contributed by atoms with Gasteiger partial charge in [-0.1, -0.05) is 34.1 Å². The van der Waals surface area contributed by atoms with Crippen LogP contribution in [-0.2, 0) is 11.9 Å². The molecule has 0 fully saturated rings. The van der Waals surface area contributed by atoms with E-state index in [1.807, 2.05) is 19.1 Å². The molecule has 0 saturated heterocycles. The largest absolute Gasteiger partial charge is 0.487 e. The molecule has 0 unspecified atom stereocenters. The fourth-order valence-corrected chi connectivity index (χ4v) is 2.00. The van der Waals surface area contributed by atoms with Gasteiger partial charge in [0.15, 0.2) is 0 Å². The van der Waals surface area contributed by atoms with E-state index in [9.17, 15) is 4.39 Å². The van der Waals surface area contributed by atoms with E-state index in [0.717, 1.165) is 11.4 Å². The smallest absolute Gasteiger partial charge is 0.142 e. The molecule has 0 amide bonds. The van der Waals surface area contributed by atoms with Crippen LogP contribution in [0.3, 0.4) is 0 Å². The van der Waals surface area contributed by atoms with Crippen LogP contribution in [0.5, 0.6) is 5.75 Å². The Hall–Kier alpha value is -1.42. The molecule has 2 rings (SSSR count). The highest BCUT2D eigenvalue weighted by molar-refractivity contribution is 9.08. The lowest BCUT2D eigenvalue weighted by atomic mass is 10.2. The highest BCUT2D eigenvalue weighted by Crippen LogP contribution is 2.21. The molecule has 1 aromatic carbocycles. The van der Waals surface area contributed by atoms with E-state index >= 15 is 0 Å². The van der Waals surface area contributed by atoms with Gasteiger partial charge in [-0.15, -0.1) is 0 Å². The van der Waals surface area contributed by atoms with Gasteiger partial charge in [0, 0.05) is 16.6 Å². The van der Waals surface area contributed by atoms with Crippen LogP contribution in [0, 0.1) is 12.7 Å². The van der Waals surface area contributed by atoms with Crippen molar-refractivity contribution >= 4 is 15.9 Å². The number of hydrogen-bond donors (Lipinski definition) is 0. The maximum atomic E-state index is 13.4. The van der Waals surface area contributed by atoms with Crippen LogP contribution in [0.25, 0.3) is 0 Å². The summed E-state index contributed by atoms with van der Waals surface area (Å²) in [6.07, 6.45) is 0. The quantitative estimate of drug-likeness (QED) is 0.796. The number of aromatic nitrogens is 1. The van der Waals surface area contributed by atoms with Gasteiger partial charge < -0.3 is 4.74 Å². The SMILES string of the molecule is Cc1ccc(OCc2ccccc2F)c(CBr)n1. The molecular weight excluding hydrogens is 297 g/mol. The number of hydrogen-bond acceptors (Lipinski definition) is 2. The van der Waals surface area contributed by atoms with Crippen molar-refractivity contribution in [2.45, 2.75) is 18.9 Å². The molecule has 0 aliphatic carbocycles. The molecule has 18 heavy (non-hydrogen) atoms. The summed E-state index contributed by atoms with van der Waals surface area (Å²) in [5, 5.41) is 0.612. The number of aryl methyl sites for hydroxylation is 1. The van der Waals surface area contributed by atoms with Crippen molar-refractivity contribution in [3.63, 3.8) is 0 Å². The minimum Gasteiger partial charge on any atom is -0.487 e. The summed E-state index contributed by atoms with van der Waals surface area (Å²) in [5.41, 5.74) is 2.30. The number of halogens is 2. The molecule has 0 bridgehead atoms. The summed E-state index contributed by atoms with van der Waals surface area (Å²) in [4.78, 5) is 4.36. The van der Waals surface area contributed by atoms with Crippen LogP contribution in [0.1, 0.15) is 17.0 Å². The Morgan fingerprint density at radius 1 is 1.22 bits per heavy atom. The zero-order chi connectivity index (χ0) is 13.0. The molecule has 4 heteroatoms. The average molecular weight is 310 g/mol. The van der Waals surface area contributed by atoms with E-state index in [0.29, 0.717) is 16.6 Å². The Bertz CT molecular complexity index is 545. The van der Waals surface area contributed by atoms with Crippen molar-refractivity contribution in [1.82, 2.24) is 4.98 Å². The van der Waals surface area contributed by atoms with Crippen molar-refractivity contribution in [2.75, 3.05) is 0 Å². The van der Waals surface area contributed by atoms with E-state index in [-0.39, 0.29) is 12.4 Å². The van der Waals surface area contributed by atoms with E-state index in [1.165, 1.54) is 6.07 Å². The third-order valence-electron chi connectivity index (χ3n) is 2.54. The van der Waals surface area contributed by atoms with Crippen LogP contribution in [0.2, 0.25) is 0 Å². The Labute approximate surface area is 114 Å². The highest BCUT2D eigenvalue weighted by atomic mass is 79.9. The van der Waals surface area contributed by atoms with E-state index in [1.54, 1.807) is 18.2 Å². The normalized spacial score (nSPS) is 10.4. The van der Waals surface area contributed by atoms with Gasteiger partial charge in [0.1, 0.15) is 18.2 Å². The number of benzene rings is 1. The summed E-state index contributed by atoms with van der Waals surface area (Å²) < 4.78 is 19.1. The predicted molar refractivity (Wildman–Crippen MR) is 72.3 cm³/mol. The molecular formula is C14H13BrFNO. The molecule has 0 N–H and O–H groups in total. The molecule has 94 valence electrons. The standard InChI is InChI=1S/C14H13BrFNO/c1-10-6-7-14(13(8-15)17-10)18-9-11-4-2-3-5-12(11)16/h2-7H,8-9H2,1H3. The van der Waals surface area contributed by atoms with Crippen LogP contribution in [0.4, 0.5) is 4.39 Å². The van der Waals surface area contributed by atoms with E-state index in [4.69, 9.17) is 4.74 Å². The number of rotatable bonds is 4. The molecule has 2 nitrogen and oxygen atoms in total. The summed E-state index contributed by atoms with van der Waals surface area (Å²) in [5.74, 6) is 0.429. The lowest BCUT2D eigenvalue weighted by Gasteiger charge is -2.10. The second-order valence-corrected chi connectivity index (χ2v) is 4.47. The average Bonchev–Trinajstić information content (AvgIpc) is 2.39. The molecule has 0 atom stereocenters. The number of alkyl halides is 1. The topological polar surface area (TPSA) is 22.1 Å². The molecule has 2 aromatic rings. The summed E-state index contributed by atoms with van der Waals surface area (Å²) in [7, 11) is 0. The third kappa shape index (κ3) is 3.07. The first-order valence-electron chi connectivity index (χ1n) is 5.59. The number of pyridine rings is 1. The van der Waals surface area contributed by atoms with Crippen molar-refractivity contribution < 1.29 is 9.13 Å². The lowest BCUT2D eigenvalue weighted by molar-refractivity contribution is 0.296. The Morgan fingerprint density at radius 3 is 2.72 bits per heavy atom. The van der Waals surface area contributed by atoms with Gasteiger partial charge in [-0.25, -0.2) is 4.39 Å². The van der Waals surface area contributed by atoms with Gasteiger partial charge in [0.05, 0.1) is 5.69 Å². The Balaban J connectivity index is 2.13. The van der Waals surface area contributed by atoms with Crippen molar-refractivity contribution in [3.8, 4) is 5.75 Å². The minimum absolute atomic E-state index is 0.206. The summed E-state index contributed by atoms with van der Waals surface area (Å²) in [6.45, 7) is 2.13. The third-order valence-corrected chi connectivity index (χ3v) is 3.07. The molecule has 1 aromatic heterocycles. The molecule has 0 spiro atoms. The predicted octanol–water partition coefficient (Wildman–Crippen LogP) is 4.00. The van der Waals surface area contributed by atoms with Crippen LogP contribution in [-0.4, -0.2) is 4.98 Å². The fourth-order valence-electron chi connectivity index (χ4n) is 1.60. The second-order valence-electron chi connectivity index (χ2n) is 3.91. The Kier molecular flexibility index (Phi) is 4.31. The second kappa shape index (κ2) is 5.96. The first kappa shape index (κ1) is 13.0. The maximum Gasteiger partial charge on any atom is 0.142 e. The summed E-state index contributed by atoms with van der Waals surface area (Å²) in [6, 6.07) is 10.3. The van der Waals surface area contributed by atoms with Crippen molar-refractivity contribution in [1.29, 1.82) is 0 Å². The van der Waals surface area contributed by atoms with Gasteiger partial charge in [0.2, 0.25) is 0 Å². The van der Waals surface area contributed by atoms with Gasteiger partial charge in [-0.3, -0.25) is 4.98 Å². The zero-order valence-electron chi connectivity index (χ0n) is 9.99. The zero-order valence-corrected chi connectivity index (χ0v) is 11.6. The number of ether oxygens (including phenoxy) is 1. The van der Waals surface area contributed by atoms with Crippen molar-refractivity contribution in [3.05, 3.63) is 59.2 Å². The van der Waals surface area contributed by atoms with E-state index in [2.05, 4.69) is 20.9 Å². The first-order valence-corrected chi connectivity index (χ1v) is 6.71. The van der Waals surface area contributed by atoms with Gasteiger partial charge in [-0.05, 0) is 25.1 Å². The van der Waals surface area contributed by atoms with E-state index < -0.39 is 0 Å². The minimum atomic E-state index is -0.252. The summed E-state index contributed by atoms with van der Waals surface area (Å²) >= 11 is 3.37. The van der Waals surface area contributed by atoms with Gasteiger partial charge in [-0.2, -0.15) is 0 Å². The van der Waals surface area contributed by atoms with Crippen molar-refractivity contribution in [2.24, 2.45) is 0 Å². The maximum absolute atomic E-state index is 13.4. The molecule has 0 saturated carbocycles.